The third kappa shape index (κ3) is 4.99. The van der Waals surface area contributed by atoms with E-state index >= 15 is 0 Å². The molecule has 0 aliphatic carbocycles. The topological polar surface area (TPSA) is 38.3 Å². The Labute approximate surface area is 74.5 Å². The Morgan fingerprint density at radius 2 is 1.67 bits per heavy atom. The van der Waals surface area contributed by atoms with Crippen LogP contribution < -0.4 is 5.32 Å². The highest BCUT2D eigenvalue weighted by molar-refractivity contribution is 5.67. The molecule has 1 unspecified atom stereocenters. The summed E-state index contributed by atoms with van der Waals surface area (Å²) in [5.74, 6) is 0.364. The molecule has 0 aromatic heterocycles. The van der Waals surface area contributed by atoms with Crippen LogP contribution in [0.4, 0.5) is 4.79 Å². The van der Waals surface area contributed by atoms with Crippen molar-refractivity contribution in [3.05, 3.63) is 0 Å². The molecule has 3 heteroatoms. The number of rotatable bonds is 3. The highest BCUT2D eigenvalue weighted by Gasteiger charge is 2.12. The molecule has 0 aliphatic rings. The van der Waals surface area contributed by atoms with Crippen molar-refractivity contribution in [2.24, 2.45) is 5.92 Å². The Morgan fingerprint density at radius 3 is 2.00 bits per heavy atom. The van der Waals surface area contributed by atoms with E-state index in [0.29, 0.717) is 5.92 Å². The van der Waals surface area contributed by atoms with Crippen LogP contribution in [0.2, 0.25) is 0 Å². The van der Waals surface area contributed by atoms with Gasteiger partial charge in [-0.3, -0.25) is 0 Å². The molecule has 0 radical (unpaired) electrons. The van der Waals surface area contributed by atoms with Crippen LogP contribution in [0.25, 0.3) is 0 Å². The number of amides is 1. The van der Waals surface area contributed by atoms with E-state index in [1.54, 1.807) is 0 Å². The number of hydrogen-bond donors (Lipinski definition) is 1. The molecule has 1 atom stereocenters. The minimum Gasteiger partial charge on any atom is -0.446 e. The zero-order valence-corrected chi connectivity index (χ0v) is 8.55. The van der Waals surface area contributed by atoms with Crippen LogP contribution in [0, 0.1) is 5.92 Å². The van der Waals surface area contributed by atoms with Gasteiger partial charge in [-0.05, 0) is 26.7 Å². The summed E-state index contributed by atoms with van der Waals surface area (Å²) < 4.78 is 5.07. The van der Waals surface area contributed by atoms with Crippen molar-refractivity contribution < 1.29 is 9.53 Å². The molecule has 0 rings (SSSR count). The Morgan fingerprint density at radius 1 is 1.17 bits per heavy atom. The van der Waals surface area contributed by atoms with Crippen LogP contribution in [-0.2, 0) is 4.74 Å². The van der Waals surface area contributed by atoms with Gasteiger partial charge in [0, 0.05) is 6.04 Å². The van der Waals surface area contributed by atoms with Crippen molar-refractivity contribution in [3.63, 3.8) is 0 Å². The monoisotopic (exact) mass is 173 g/mol. The molecule has 12 heavy (non-hydrogen) atoms. The van der Waals surface area contributed by atoms with Crippen molar-refractivity contribution in [1.82, 2.24) is 5.32 Å². The molecule has 1 N–H and O–H groups in total. The van der Waals surface area contributed by atoms with Gasteiger partial charge in [0.25, 0.3) is 0 Å². The van der Waals surface area contributed by atoms with E-state index in [0.717, 1.165) is 0 Å². The average Bonchev–Trinajstić information content (AvgIpc) is 1.84. The van der Waals surface area contributed by atoms with E-state index in [2.05, 4.69) is 5.32 Å². The molecule has 0 bridgehead atoms. The predicted molar refractivity (Wildman–Crippen MR) is 49.1 cm³/mol. The largest absolute Gasteiger partial charge is 0.446 e. The lowest BCUT2D eigenvalue weighted by Gasteiger charge is -2.17. The van der Waals surface area contributed by atoms with Crippen molar-refractivity contribution in [2.75, 3.05) is 0 Å². The van der Waals surface area contributed by atoms with Crippen LogP contribution in [0.15, 0.2) is 0 Å². The van der Waals surface area contributed by atoms with Crippen LogP contribution in [0.5, 0.6) is 0 Å². The molecule has 0 saturated heterocycles. The van der Waals surface area contributed by atoms with Crippen LogP contribution >= 0.6 is 0 Å². The first-order valence-corrected chi connectivity index (χ1v) is 4.40. The summed E-state index contributed by atoms with van der Waals surface area (Å²) in [6, 6.07) is 0.136. The highest BCUT2D eigenvalue weighted by atomic mass is 16.6. The van der Waals surface area contributed by atoms with Crippen molar-refractivity contribution in [1.29, 1.82) is 0 Å². The van der Waals surface area contributed by atoms with E-state index in [-0.39, 0.29) is 18.2 Å². The molecule has 0 heterocycles. The van der Waals surface area contributed by atoms with Gasteiger partial charge in [0.1, 0.15) is 6.10 Å². The first-order chi connectivity index (χ1) is 5.43. The smallest absolute Gasteiger partial charge is 0.407 e. The number of hydrogen-bond acceptors (Lipinski definition) is 2. The maximum atomic E-state index is 11.0. The molecule has 0 aromatic rings. The molecule has 0 spiro atoms. The molecular formula is C9H19NO2. The third-order valence-corrected chi connectivity index (χ3v) is 1.64. The molecule has 1 amide bonds. The number of carbonyl (C=O) groups is 1. The SMILES string of the molecule is CC(C)NC(=O)OC(C)C(C)C. The molecular weight excluding hydrogens is 154 g/mol. The Balaban J connectivity index is 3.69. The summed E-state index contributed by atoms with van der Waals surface area (Å²) in [6.07, 6.45) is -0.352. The van der Waals surface area contributed by atoms with Crippen molar-refractivity contribution in [2.45, 2.75) is 46.8 Å². The Bertz CT molecular complexity index is 143. The second-order valence-corrected chi connectivity index (χ2v) is 3.65. The lowest BCUT2D eigenvalue weighted by Crippen LogP contribution is -2.34. The molecule has 0 aliphatic heterocycles. The molecule has 3 nitrogen and oxygen atoms in total. The molecule has 72 valence electrons. The summed E-state index contributed by atoms with van der Waals surface area (Å²) in [7, 11) is 0. The van der Waals surface area contributed by atoms with E-state index in [9.17, 15) is 4.79 Å². The number of carbonyl (C=O) groups excluding carboxylic acids is 1. The van der Waals surface area contributed by atoms with Crippen molar-refractivity contribution >= 4 is 6.09 Å². The van der Waals surface area contributed by atoms with Gasteiger partial charge in [0.05, 0.1) is 0 Å². The summed E-state index contributed by atoms with van der Waals surface area (Å²) in [4.78, 5) is 11.0. The number of alkyl carbamates (subject to hydrolysis) is 1. The van der Waals surface area contributed by atoms with Crippen LogP contribution in [0.1, 0.15) is 34.6 Å². The fraction of sp³-hybridized carbons (Fsp3) is 0.889. The maximum absolute atomic E-state index is 11.0. The summed E-state index contributed by atoms with van der Waals surface area (Å²) in [5, 5.41) is 2.67. The molecule has 0 aromatic carbocycles. The fourth-order valence-electron chi connectivity index (χ4n) is 0.575. The number of nitrogens with one attached hydrogen (secondary N) is 1. The normalized spacial score (nSPS) is 13.2. The lowest BCUT2D eigenvalue weighted by molar-refractivity contribution is 0.0805. The zero-order valence-electron chi connectivity index (χ0n) is 8.55. The summed E-state index contributed by atoms with van der Waals surface area (Å²) in [6.45, 7) is 9.74. The highest BCUT2D eigenvalue weighted by Crippen LogP contribution is 2.04. The Kier molecular flexibility index (Phi) is 4.71. The van der Waals surface area contributed by atoms with E-state index in [4.69, 9.17) is 4.74 Å². The maximum Gasteiger partial charge on any atom is 0.407 e. The first-order valence-electron chi connectivity index (χ1n) is 4.40. The second-order valence-electron chi connectivity index (χ2n) is 3.65. The minimum atomic E-state index is -0.328. The van der Waals surface area contributed by atoms with E-state index in [1.165, 1.54) is 0 Å². The predicted octanol–water partition coefficient (Wildman–Crippen LogP) is 2.17. The third-order valence-electron chi connectivity index (χ3n) is 1.64. The molecule has 0 saturated carbocycles. The first kappa shape index (κ1) is 11.3. The standard InChI is InChI=1S/C9H19NO2/c1-6(2)8(5)12-9(11)10-7(3)4/h6-8H,1-5H3,(H,10,11). The van der Waals surface area contributed by atoms with E-state index < -0.39 is 0 Å². The quantitative estimate of drug-likeness (QED) is 0.710. The summed E-state index contributed by atoms with van der Waals surface area (Å²) >= 11 is 0. The van der Waals surface area contributed by atoms with Gasteiger partial charge in [0.15, 0.2) is 0 Å². The van der Waals surface area contributed by atoms with E-state index in [1.807, 2.05) is 34.6 Å². The van der Waals surface area contributed by atoms with Gasteiger partial charge in [-0.2, -0.15) is 0 Å². The lowest BCUT2D eigenvalue weighted by atomic mass is 10.1. The van der Waals surface area contributed by atoms with Gasteiger partial charge in [-0.25, -0.2) is 4.79 Å². The van der Waals surface area contributed by atoms with Gasteiger partial charge >= 0.3 is 6.09 Å². The van der Waals surface area contributed by atoms with Gasteiger partial charge in [-0.1, -0.05) is 13.8 Å². The Hall–Kier alpha value is -0.730. The van der Waals surface area contributed by atoms with Gasteiger partial charge in [0.2, 0.25) is 0 Å². The fourth-order valence-corrected chi connectivity index (χ4v) is 0.575. The molecule has 0 fully saturated rings. The zero-order chi connectivity index (χ0) is 9.72. The van der Waals surface area contributed by atoms with Crippen LogP contribution in [-0.4, -0.2) is 18.2 Å². The summed E-state index contributed by atoms with van der Waals surface area (Å²) in [5.41, 5.74) is 0. The second kappa shape index (κ2) is 5.01. The average molecular weight is 173 g/mol. The van der Waals surface area contributed by atoms with Gasteiger partial charge < -0.3 is 10.1 Å². The minimum absolute atomic E-state index is 0.0243. The van der Waals surface area contributed by atoms with Gasteiger partial charge in [-0.15, -0.1) is 0 Å². The van der Waals surface area contributed by atoms with Crippen molar-refractivity contribution in [3.8, 4) is 0 Å². The van der Waals surface area contributed by atoms with Crippen LogP contribution in [0.3, 0.4) is 0 Å². The number of ether oxygens (including phenoxy) is 1.